The number of thiol groups is 2. The van der Waals surface area contributed by atoms with Crippen LogP contribution < -0.4 is 33.2 Å². The zero-order valence-electron chi connectivity index (χ0n) is 23.1. The average Bonchev–Trinajstić information content (AvgIpc) is 3.52. The highest BCUT2D eigenvalue weighted by atomic mass is 32.1. The number of hydrogen-bond donors (Lipinski definition) is 12. The molecule has 12 N–H and O–H groups in total. The Hall–Kier alpha value is -3.45. The van der Waals surface area contributed by atoms with E-state index in [2.05, 4.69) is 65.1 Å². The number of anilines is 4. The van der Waals surface area contributed by atoms with Crippen molar-refractivity contribution in [3.8, 4) is 0 Å². The van der Waals surface area contributed by atoms with E-state index in [1.54, 1.807) is 0 Å². The highest BCUT2D eigenvalue weighted by Crippen LogP contribution is 2.61. The Morgan fingerprint density at radius 1 is 0.979 bits per heavy atom. The summed E-state index contributed by atoms with van der Waals surface area (Å²) in [6.07, 6.45) is -6.39. The maximum atomic E-state index is 12.6. The van der Waals surface area contributed by atoms with E-state index in [9.17, 15) is 38.7 Å². The van der Waals surface area contributed by atoms with Crippen molar-refractivity contribution in [1.29, 1.82) is 0 Å². The van der Waals surface area contributed by atoms with Crippen molar-refractivity contribution < 1.29 is 52.0 Å². The van der Waals surface area contributed by atoms with E-state index >= 15 is 0 Å². The monoisotopic (exact) mass is 738 g/mol. The van der Waals surface area contributed by atoms with Gasteiger partial charge in [0, 0.05) is 9.81 Å². The van der Waals surface area contributed by atoms with Crippen LogP contribution in [0.15, 0.2) is 37.3 Å². The van der Waals surface area contributed by atoms with E-state index < -0.39 is 70.6 Å². The minimum absolute atomic E-state index is 0.00507. The quantitative estimate of drug-likeness (QED) is 0.0869. The fourth-order valence-corrected chi connectivity index (χ4v) is 7.25. The number of nitrogen functional groups attached to an aromatic ring is 2. The topological polar surface area (TPSA) is 347 Å². The van der Waals surface area contributed by atoms with Gasteiger partial charge in [0.15, 0.2) is 29.3 Å². The van der Waals surface area contributed by atoms with Crippen molar-refractivity contribution >= 4 is 75.5 Å². The number of hydrogen-bond acceptors (Lipinski definition) is 20. The number of rotatable bonds is 9. The number of nitrogens with one attached hydrogen (secondary N) is 4. The first kappa shape index (κ1) is 33.5. The van der Waals surface area contributed by atoms with Crippen LogP contribution in [-0.4, -0.2) is 87.1 Å². The van der Waals surface area contributed by atoms with Crippen molar-refractivity contribution in [2.24, 2.45) is 0 Å². The summed E-state index contributed by atoms with van der Waals surface area (Å²) in [7, 11) is -10.7. The van der Waals surface area contributed by atoms with Crippen LogP contribution in [0.5, 0.6) is 0 Å². The second-order valence-corrected chi connectivity index (χ2v) is 13.9. The lowest BCUT2D eigenvalue weighted by Crippen LogP contribution is -2.34. The van der Waals surface area contributed by atoms with Gasteiger partial charge in [-0.3, -0.25) is 33.2 Å². The number of fused-ring (bicyclic) bond motifs is 2. The SMILES string of the molecule is Nc1nc2c(c(=O)[nH]1)NC1=C(N2)OC(COP(=O)(O)OP(=O)(O)OC[C@H]2O[C@@H](n3cnc4c(=O)[nH]c(N)nc43)[C@H](O)[C@@H]2O)C(S)=C1S. The molecule has 0 bridgehead atoms. The summed E-state index contributed by atoms with van der Waals surface area (Å²) in [6, 6.07) is 0. The molecule has 1 fully saturated rings. The molecule has 0 radical (unpaired) electrons. The van der Waals surface area contributed by atoms with Crippen LogP contribution in [0.3, 0.4) is 0 Å². The molecule has 6 heterocycles. The van der Waals surface area contributed by atoms with Crippen molar-refractivity contribution in [2.45, 2.75) is 30.6 Å². The van der Waals surface area contributed by atoms with Gasteiger partial charge in [0.2, 0.25) is 17.8 Å². The minimum Gasteiger partial charge on any atom is -0.466 e. The van der Waals surface area contributed by atoms with Crippen molar-refractivity contribution in [3.63, 3.8) is 0 Å². The first-order valence-corrected chi connectivity index (χ1v) is 16.8. The molecule has 3 aromatic rings. The molecule has 0 aromatic carbocycles. The largest absolute Gasteiger partial charge is 0.481 e. The van der Waals surface area contributed by atoms with E-state index in [0.717, 1.165) is 10.9 Å². The predicted molar refractivity (Wildman–Crippen MR) is 165 cm³/mol. The zero-order valence-corrected chi connectivity index (χ0v) is 26.7. The van der Waals surface area contributed by atoms with Gasteiger partial charge in [-0.15, -0.1) is 25.3 Å². The summed E-state index contributed by atoms with van der Waals surface area (Å²) in [6.45, 7) is -1.70. The van der Waals surface area contributed by atoms with Crippen LogP contribution in [0, 0.1) is 0 Å². The summed E-state index contributed by atoms with van der Waals surface area (Å²) in [5.41, 5.74) is 9.82. The first-order chi connectivity index (χ1) is 22.0. The number of nitrogens with two attached hydrogens (primary N) is 2. The maximum Gasteiger partial charge on any atom is 0.481 e. The second kappa shape index (κ2) is 12.2. The average molecular weight is 739 g/mol. The normalized spacial score (nSPS) is 26.6. The molecule has 254 valence electrons. The summed E-state index contributed by atoms with van der Waals surface area (Å²) in [4.78, 5) is 61.1. The van der Waals surface area contributed by atoms with Gasteiger partial charge < -0.3 is 51.6 Å². The Balaban J connectivity index is 1.06. The molecule has 0 saturated carbocycles. The van der Waals surface area contributed by atoms with Gasteiger partial charge in [0.1, 0.15) is 36.3 Å². The molecule has 23 nitrogen and oxygen atoms in total. The number of phosphoric acid groups is 2. The Kier molecular flexibility index (Phi) is 8.69. The number of ether oxygens (including phenoxy) is 2. The van der Waals surface area contributed by atoms with E-state index in [1.165, 1.54) is 0 Å². The second-order valence-electron chi connectivity index (χ2n) is 9.90. The number of H-pyrrole nitrogens is 2. The fourth-order valence-electron chi connectivity index (χ4n) is 4.63. The standard InChI is InChI=1S/C20H24N10O13P2S2/c21-19-26-13-7(15(33)28-19)24-6-12(47)11(46)5(41-17(6)25-13)2-40-45(37,38)43-44(35,36)39-1-4-9(31)10(32)18(42-4)30-3-23-8-14(30)27-20(22)29-16(8)34/h3-5,9-10,18,24,31-32,46-47H,1-2H2,(H,35,36)(H,37,38)(H3,22,27,29,34)(H4,21,25,26,28,33)/t4-,5?,9-,10-,18-/m1/s1. The van der Waals surface area contributed by atoms with Gasteiger partial charge in [-0.2, -0.15) is 14.3 Å². The number of phosphoric ester groups is 2. The van der Waals surface area contributed by atoms with Gasteiger partial charge in [0.25, 0.3) is 11.1 Å². The van der Waals surface area contributed by atoms with Crippen LogP contribution in [-0.2, 0) is 32.0 Å². The van der Waals surface area contributed by atoms with Crippen LogP contribution in [0.1, 0.15) is 6.23 Å². The summed E-state index contributed by atoms with van der Waals surface area (Å²) >= 11 is 8.65. The van der Waals surface area contributed by atoms with E-state index in [4.69, 9.17) is 30.0 Å². The third-order valence-electron chi connectivity index (χ3n) is 6.75. The molecule has 0 spiro atoms. The molecular weight excluding hydrogens is 714 g/mol. The third-order valence-corrected chi connectivity index (χ3v) is 10.5. The number of aromatic nitrogens is 6. The maximum absolute atomic E-state index is 12.6. The Morgan fingerprint density at radius 3 is 2.36 bits per heavy atom. The molecule has 3 aliphatic heterocycles. The van der Waals surface area contributed by atoms with Crippen molar-refractivity contribution in [2.75, 3.05) is 35.3 Å². The van der Waals surface area contributed by atoms with Gasteiger partial charge in [-0.25, -0.2) is 14.1 Å². The summed E-state index contributed by atoms with van der Waals surface area (Å²) in [5, 5.41) is 26.5. The zero-order chi connectivity index (χ0) is 34.0. The lowest BCUT2D eigenvalue weighted by atomic mass is 10.1. The van der Waals surface area contributed by atoms with E-state index in [0.29, 0.717) is 0 Å². The van der Waals surface area contributed by atoms with Crippen molar-refractivity contribution in [1.82, 2.24) is 29.5 Å². The van der Waals surface area contributed by atoms with Crippen LogP contribution in [0.4, 0.5) is 23.4 Å². The van der Waals surface area contributed by atoms with Gasteiger partial charge >= 0.3 is 15.6 Å². The number of aliphatic hydroxyl groups excluding tert-OH is 2. The summed E-state index contributed by atoms with van der Waals surface area (Å²) < 4.78 is 51.4. The molecule has 27 heteroatoms. The number of aromatic amines is 2. The first-order valence-electron chi connectivity index (χ1n) is 12.9. The molecule has 3 unspecified atom stereocenters. The minimum atomic E-state index is -5.39. The van der Waals surface area contributed by atoms with E-state index in [1.807, 2.05) is 0 Å². The highest BCUT2D eigenvalue weighted by molar-refractivity contribution is 7.88. The molecule has 6 rings (SSSR count). The van der Waals surface area contributed by atoms with Crippen LogP contribution >= 0.6 is 40.9 Å². The third kappa shape index (κ3) is 6.53. The van der Waals surface area contributed by atoms with Crippen LogP contribution in [0.25, 0.3) is 11.2 Å². The molecular formula is C20H24N10O13P2S2. The molecule has 7 atom stereocenters. The molecule has 0 aliphatic carbocycles. The lowest BCUT2D eigenvalue weighted by Gasteiger charge is -2.33. The van der Waals surface area contributed by atoms with Gasteiger partial charge in [-0.1, -0.05) is 0 Å². The Bertz CT molecular complexity index is 2050. The van der Waals surface area contributed by atoms with Crippen LogP contribution in [0.2, 0.25) is 0 Å². The smallest absolute Gasteiger partial charge is 0.466 e. The fraction of sp³-hybridized carbons (Fsp3) is 0.350. The lowest BCUT2D eigenvalue weighted by molar-refractivity contribution is -0.0504. The highest BCUT2D eigenvalue weighted by Gasteiger charge is 2.46. The molecule has 3 aliphatic rings. The molecule has 3 aromatic heterocycles. The number of imidazole rings is 1. The van der Waals surface area contributed by atoms with Crippen molar-refractivity contribution in [3.05, 3.63) is 48.4 Å². The Labute approximate surface area is 271 Å². The predicted octanol–water partition coefficient (Wildman–Crippen LogP) is -1.59. The molecule has 47 heavy (non-hydrogen) atoms. The van der Waals surface area contributed by atoms with Gasteiger partial charge in [0.05, 0.1) is 12.9 Å². The summed E-state index contributed by atoms with van der Waals surface area (Å²) in [5.74, 6) is -0.467. The van der Waals surface area contributed by atoms with Gasteiger partial charge in [-0.05, 0) is 0 Å². The molecule has 0 amide bonds. The Morgan fingerprint density at radius 2 is 1.64 bits per heavy atom. The van der Waals surface area contributed by atoms with E-state index in [-0.39, 0.29) is 56.0 Å². The number of aliphatic hydroxyl groups is 2. The molecule has 1 saturated heterocycles. The number of nitrogens with zero attached hydrogens (tertiary/aromatic N) is 4.